The minimum Gasteiger partial charge on any atom is -0.496 e. The molecule has 1 aromatic heterocycles. The van der Waals surface area contributed by atoms with Crippen LogP contribution in [0.5, 0.6) is 5.75 Å². The molecule has 0 saturated carbocycles. The lowest BCUT2D eigenvalue weighted by Crippen LogP contribution is -2.06. The van der Waals surface area contributed by atoms with Crippen molar-refractivity contribution < 1.29 is 14.3 Å². The Labute approximate surface area is 134 Å². The van der Waals surface area contributed by atoms with E-state index in [9.17, 15) is 4.79 Å². The largest absolute Gasteiger partial charge is 0.496 e. The summed E-state index contributed by atoms with van der Waals surface area (Å²) in [5.74, 6) is 1.16. The van der Waals surface area contributed by atoms with Crippen molar-refractivity contribution >= 4 is 17.0 Å². The highest BCUT2D eigenvalue weighted by atomic mass is 16.5. The topological polar surface area (TPSA) is 64.2 Å². The monoisotopic (exact) mass is 310 g/mol. The first kappa shape index (κ1) is 15.1. The van der Waals surface area contributed by atoms with Gasteiger partial charge in [0.2, 0.25) is 0 Å². The van der Waals surface area contributed by atoms with E-state index in [4.69, 9.17) is 9.47 Å². The first-order valence-electron chi connectivity index (χ1n) is 7.49. The molecule has 3 aromatic rings. The molecule has 0 saturated heterocycles. The summed E-state index contributed by atoms with van der Waals surface area (Å²) in [6.45, 7) is 2.13. The number of benzene rings is 2. The first-order valence-corrected chi connectivity index (χ1v) is 7.49. The third-order valence-corrected chi connectivity index (χ3v) is 3.59. The third-order valence-electron chi connectivity index (χ3n) is 3.59. The van der Waals surface area contributed by atoms with Gasteiger partial charge in [-0.25, -0.2) is 9.78 Å². The van der Waals surface area contributed by atoms with Gasteiger partial charge in [0.05, 0.1) is 30.3 Å². The van der Waals surface area contributed by atoms with Crippen molar-refractivity contribution in [3.05, 3.63) is 59.4 Å². The Bertz CT molecular complexity index is 806. The Hall–Kier alpha value is -2.82. The number of nitrogens with one attached hydrogen (secondary N) is 1. The van der Waals surface area contributed by atoms with Gasteiger partial charge in [0.25, 0.3) is 0 Å². The minimum atomic E-state index is -0.346. The van der Waals surface area contributed by atoms with Crippen LogP contribution in [0.2, 0.25) is 0 Å². The van der Waals surface area contributed by atoms with Crippen LogP contribution >= 0.6 is 0 Å². The average Bonchev–Trinajstić information content (AvgIpc) is 2.97. The van der Waals surface area contributed by atoms with Gasteiger partial charge in [-0.05, 0) is 31.2 Å². The third kappa shape index (κ3) is 3.18. The van der Waals surface area contributed by atoms with Crippen LogP contribution in [0.3, 0.4) is 0 Å². The molecule has 0 aliphatic rings. The molecule has 5 nitrogen and oxygen atoms in total. The average molecular weight is 310 g/mol. The van der Waals surface area contributed by atoms with Gasteiger partial charge in [-0.1, -0.05) is 18.2 Å². The molecule has 0 atom stereocenters. The van der Waals surface area contributed by atoms with E-state index in [2.05, 4.69) is 9.97 Å². The van der Waals surface area contributed by atoms with Crippen LogP contribution in [0.25, 0.3) is 11.0 Å². The van der Waals surface area contributed by atoms with Crippen molar-refractivity contribution in [2.24, 2.45) is 0 Å². The molecule has 0 fully saturated rings. The Morgan fingerprint density at radius 3 is 2.78 bits per heavy atom. The number of hydrogen-bond acceptors (Lipinski definition) is 4. The summed E-state index contributed by atoms with van der Waals surface area (Å²) in [6.07, 6.45) is 0.598. The number of H-pyrrole nitrogens is 1. The number of para-hydroxylation sites is 2. The fourth-order valence-corrected chi connectivity index (χ4v) is 2.50. The zero-order valence-electron chi connectivity index (χ0n) is 13.1. The predicted octanol–water partition coefficient (Wildman–Crippen LogP) is 3.34. The van der Waals surface area contributed by atoms with Crippen LogP contribution in [0, 0.1) is 0 Å². The fraction of sp³-hybridized carbons (Fsp3) is 0.222. The number of rotatable bonds is 5. The lowest BCUT2D eigenvalue weighted by atomic mass is 10.1. The molecule has 0 bridgehead atoms. The van der Waals surface area contributed by atoms with Crippen molar-refractivity contribution in [1.29, 1.82) is 0 Å². The number of fused-ring (bicyclic) bond motifs is 1. The number of aromatic amines is 1. The maximum atomic E-state index is 11.8. The molecule has 1 heterocycles. The van der Waals surface area contributed by atoms with E-state index in [1.807, 2.05) is 30.3 Å². The molecular formula is C18H18N2O3. The molecule has 1 N–H and O–H groups in total. The molecule has 23 heavy (non-hydrogen) atoms. The van der Waals surface area contributed by atoms with Gasteiger partial charge < -0.3 is 14.5 Å². The van der Waals surface area contributed by atoms with Crippen LogP contribution < -0.4 is 4.74 Å². The molecule has 0 aliphatic carbocycles. The molecule has 2 aromatic carbocycles. The first-order chi connectivity index (χ1) is 11.2. The number of aromatic nitrogens is 2. The van der Waals surface area contributed by atoms with Crippen LogP contribution in [-0.2, 0) is 11.2 Å². The number of esters is 1. The number of carbonyl (C=O) groups excluding carboxylic acids is 1. The lowest BCUT2D eigenvalue weighted by molar-refractivity contribution is 0.0526. The summed E-state index contributed by atoms with van der Waals surface area (Å²) in [5, 5.41) is 0. The van der Waals surface area contributed by atoms with E-state index < -0.39 is 0 Å². The van der Waals surface area contributed by atoms with Gasteiger partial charge in [0.1, 0.15) is 11.6 Å². The van der Waals surface area contributed by atoms with E-state index in [0.717, 1.165) is 22.4 Å². The molecule has 0 unspecified atom stereocenters. The summed E-state index contributed by atoms with van der Waals surface area (Å²) >= 11 is 0. The smallest absolute Gasteiger partial charge is 0.338 e. The normalized spacial score (nSPS) is 10.7. The summed E-state index contributed by atoms with van der Waals surface area (Å²) in [6, 6.07) is 13.2. The van der Waals surface area contributed by atoms with Gasteiger partial charge >= 0.3 is 5.97 Å². The van der Waals surface area contributed by atoms with Gasteiger partial charge in [-0.15, -0.1) is 0 Å². The summed E-state index contributed by atoms with van der Waals surface area (Å²) in [4.78, 5) is 19.7. The lowest BCUT2D eigenvalue weighted by Gasteiger charge is -2.09. The van der Waals surface area contributed by atoms with Crippen molar-refractivity contribution in [1.82, 2.24) is 9.97 Å². The Kier molecular flexibility index (Phi) is 4.28. The van der Waals surface area contributed by atoms with Gasteiger partial charge in [-0.2, -0.15) is 0 Å². The standard InChI is InChI=1S/C18H18N2O3/c1-3-23-18(21)13-9-8-12(16(10-13)22-2)11-17-19-14-6-4-5-7-15(14)20-17/h4-10H,3,11H2,1-2H3,(H,19,20). The molecule has 0 amide bonds. The van der Waals surface area contributed by atoms with Gasteiger partial charge in [-0.3, -0.25) is 0 Å². The molecule has 3 rings (SSSR count). The van der Waals surface area contributed by atoms with E-state index in [0.29, 0.717) is 24.3 Å². The van der Waals surface area contributed by atoms with E-state index in [-0.39, 0.29) is 5.97 Å². The van der Waals surface area contributed by atoms with Crippen molar-refractivity contribution in [2.45, 2.75) is 13.3 Å². The summed E-state index contributed by atoms with van der Waals surface area (Å²) in [7, 11) is 1.59. The second-order valence-electron chi connectivity index (χ2n) is 5.12. The molecule has 0 spiro atoms. The summed E-state index contributed by atoms with van der Waals surface area (Å²) in [5.41, 5.74) is 3.38. The molecule has 0 radical (unpaired) electrons. The minimum absolute atomic E-state index is 0.346. The fourth-order valence-electron chi connectivity index (χ4n) is 2.50. The van der Waals surface area contributed by atoms with Gasteiger partial charge in [0, 0.05) is 12.0 Å². The van der Waals surface area contributed by atoms with Crippen LogP contribution in [0.15, 0.2) is 42.5 Å². The number of nitrogens with zero attached hydrogens (tertiary/aromatic N) is 1. The number of methoxy groups -OCH3 is 1. The number of imidazole rings is 1. The number of ether oxygens (including phenoxy) is 2. The van der Waals surface area contributed by atoms with Crippen LogP contribution in [0.4, 0.5) is 0 Å². The van der Waals surface area contributed by atoms with Crippen molar-refractivity contribution in [3.8, 4) is 5.75 Å². The highest BCUT2D eigenvalue weighted by Crippen LogP contribution is 2.24. The van der Waals surface area contributed by atoms with Crippen LogP contribution in [0.1, 0.15) is 28.7 Å². The van der Waals surface area contributed by atoms with Crippen molar-refractivity contribution in [3.63, 3.8) is 0 Å². The molecule has 0 aliphatic heterocycles. The molecule has 118 valence electrons. The van der Waals surface area contributed by atoms with Gasteiger partial charge in [0.15, 0.2) is 0 Å². The summed E-state index contributed by atoms with van der Waals surface area (Å²) < 4.78 is 10.4. The van der Waals surface area contributed by atoms with E-state index >= 15 is 0 Å². The second-order valence-corrected chi connectivity index (χ2v) is 5.12. The number of hydrogen-bond donors (Lipinski definition) is 1. The Morgan fingerprint density at radius 1 is 1.22 bits per heavy atom. The second kappa shape index (κ2) is 6.52. The van der Waals surface area contributed by atoms with E-state index in [1.54, 1.807) is 26.2 Å². The highest BCUT2D eigenvalue weighted by Gasteiger charge is 2.12. The Balaban J connectivity index is 1.88. The maximum Gasteiger partial charge on any atom is 0.338 e. The predicted molar refractivity (Wildman–Crippen MR) is 87.9 cm³/mol. The molecule has 5 heteroatoms. The zero-order valence-corrected chi connectivity index (χ0v) is 13.1. The zero-order chi connectivity index (χ0) is 16.2. The van der Waals surface area contributed by atoms with Crippen molar-refractivity contribution in [2.75, 3.05) is 13.7 Å². The molecular weight excluding hydrogens is 292 g/mol. The Morgan fingerprint density at radius 2 is 2.04 bits per heavy atom. The SMILES string of the molecule is CCOC(=O)c1ccc(Cc2nc3ccccc3[nH]2)c(OC)c1. The quantitative estimate of drug-likeness (QED) is 0.734. The van der Waals surface area contributed by atoms with E-state index in [1.165, 1.54) is 0 Å². The van der Waals surface area contributed by atoms with Crippen LogP contribution in [-0.4, -0.2) is 29.7 Å². The highest BCUT2D eigenvalue weighted by molar-refractivity contribution is 5.90. The maximum absolute atomic E-state index is 11.8. The number of carbonyl (C=O) groups is 1.